The van der Waals surface area contributed by atoms with Crippen LogP contribution < -0.4 is 10.1 Å². The minimum atomic E-state index is 0.0654. The third kappa shape index (κ3) is 4.74. The van der Waals surface area contributed by atoms with E-state index >= 15 is 0 Å². The van der Waals surface area contributed by atoms with Crippen molar-refractivity contribution < 1.29 is 14.6 Å². The zero-order valence-corrected chi connectivity index (χ0v) is 12.8. The second kappa shape index (κ2) is 7.46. The summed E-state index contributed by atoms with van der Waals surface area (Å²) in [5, 5.41) is 12.2. The lowest BCUT2D eigenvalue weighted by Gasteiger charge is -2.19. The van der Waals surface area contributed by atoms with E-state index in [-0.39, 0.29) is 24.5 Å². The van der Waals surface area contributed by atoms with Crippen molar-refractivity contribution in [2.45, 2.75) is 44.6 Å². The highest BCUT2D eigenvalue weighted by Crippen LogP contribution is 2.34. The van der Waals surface area contributed by atoms with Gasteiger partial charge >= 0.3 is 0 Å². The lowest BCUT2D eigenvalue weighted by Crippen LogP contribution is -2.37. The molecule has 0 bridgehead atoms. The Hall–Kier alpha value is -1.55. The number of ether oxygens (including phenoxy) is 1. The molecule has 0 heterocycles. The summed E-state index contributed by atoms with van der Waals surface area (Å²) in [4.78, 5) is 12.2. The molecule has 21 heavy (non-hydrogen) atoms. The summed E-state index contributed by atoms with van der Waals surface area (Å²) >= 11 is 0. The molecular formula is C17H25NO3. The summed E-state index contributed by atoms with van der Waals surface area (Å²) in [6.07, 6.45) is 3.44. The number of nitrogens with one attached hydrogen (secondary N) is 1. The number of carbonyl (C=O) groups excluding carboxylic acids is 1. The van der Waals surface area contributed by atoms with E-state index in [9.17, 15) is 4.79 Å². The zero-order chi connectivity index (χ0) is 15.2. The average molecular weight is 291 g/mol. The number of hydrogen-bond acceptors (Lipinski definition) is 3. The van der Waals surface area contributed by atoms with E-state index in [4.69, 9.17) is 9.84 Å². The largest absolute Gasteiger partial charge is 0.497 e. The van der Waals surface area contributed by atoms with E-state index in [1.807, 2.05) is 31.2 Å². The predicted molar refractivity (Wildman–Crippen MR) is 82.4 cm³/mol. The van der Waals surface area contributed by atoms with E-state index in [1.165, 1.54) is 0 Å². The molecule has 116 valence electrons. The Bertz CT molecular complexity index is 471. The Kier molecular flexibility index (Phi) is 5.62. The van der Waals surface area contributed by atoms with Crippen molar-refractivity contribution in [1.82, 2.24) is 5.32 Å². The molecule has 0 saturated heterocycles. The fourth-order valence-electron chi connectivity index (χ4n) is 2.67. The van der Waals surface area contributed by atoms with Gasteiger partial charge in [-0.05, 0) is 48.8 Å². The summed E-state index contributed by atoms with van der Waals surface area (Å²) in [6.45, 7) is 2.18. The van der Waals surface area contributed by atoms with Gasteiger partial charge in [-0.15, -0.1) is 0 Å². The first-order chi connectivity index (χ1) is 10.1. The Labute approximate surface area is 126 Å². The fourth-order valence-corrected chi connectivity index (χ4v) is 2.67. The maximum absolute atomic E-state index is 12.2. The summed E-state index contributed by atoms with van der Waals surface area (Å²) in [6, 6.07) is 7.98. The molecule has 2 rings (SSSR count). The van der Waals surface area contributed by atoms with Crippen LogP contribution in [0.5, 0.6) is 5.75 Å². The van der Waals surface area contributed by atoms with Gasteiger partial charge in [0.2, 0.25) is 5.91 Å². The van der Waals surface area contributed by atoms with Gasteiger partial charge in [0.15, 0.2) is 0 Å². The van der Waals surface area contributed by atoms with Crippen LogP contribution in [-0.4, -0.2) is 30.8 Å². The zero-order valence-electron chi connectivity index (χ0n) is 12.8. The van der Waals surface area contributed by atoms with Crippen LogP contribution in [0.2, 0.25) is 0 Å². The van der Waals surface area contributed by atoms with Gasteiger partial charge in [0, 0.05) is 19.1 Å². The Morgan fingerprint density at radius 1 is 1.48 bits per heavy atom. The van der Waals surface area contributed by atoms with Gasteiger partial charge in [0.05, 0.1) is 7.11 Å². The van der Waals surface area contributed by atoms with E-state index in [2.05, 4.69) is 5.32 Å². The molecule has 2 atom stereocenters. The van der Waals surface area contributed by atoms with Crippen LogP contribution in [0.1, 0.15) is 44.1 Å². The van der Waals surface area contributed by atoms with Gasteiger partial charge in [-0.25, -0.2) is 0 Å². The van der Waals surface area contributed by atoms with E-state index in [0.717, 1.165) is 24.2 Å². The van der Waals surface area contributed by atoms with Crippen LogP contribution >= 0.6 is 0 Å². The number of hydrogen-bond donors (Lipinski definition) is 2. The lowest BCUT2D eigenvalue weighted by molar-refractivity contribution is -0.122. The van der Waals surface area contributed by atoms with Gasteiger partial charge in [0.1, 0.15) is 5.75 Å². The smallest absolute Gasteiger partial charge is 0.220 e. The molecule has 4 nitrogen and oxygen atoms in total. The summed E-state index contributed by atoms with van der Waals surface area (Å²) in [5.74, 6) is 1.59. The third-order valence-corrected chi connectivity index (χ3v) is 4.13. The minimum Gasteiger partial charge on any atom is -0.497 e. The molecule has 1 fully saturated rings. The highest BCUT2D eigenvalue weighted by molar-refractivity contribution is 5.77. The first-order valence-corrected chi connectivity index (χ1v) is 7.68. The van der Waals surface area contributed by atoms with Gasteiger partial charge < -0.3 is 15.2 Å². The number of aliphatic hydroxyl groups excluding tert-OH is 1. The molecule has 1 amide bonds. The molecule has 0 aromatic heterocycles. The van der Waals surface area contributed by atoms with E-state index in [0.29, 0.717) is 18.8 Å². The summed E-state index contributed by atoms with van der Waals surface area (Å²) in [7, 11) is 1.64. The Morgan fingerprint density at radius 2 is 2.24 bits per heavy atom. The van der Waals surface area contributed by atoms with Crippen LogP contribution in [0.4, 0.5) is 0 Å². The second-order valence-electron chi connectivity index (χ2n) is 5.91. The van der Waals surface area contributed by atoms with Crippen molar-refractivity contribution in [2.75, 3.05) is 13.7 Å². The lowest BCUT2D eigenvalue weighted by atomic mass is 9.97. The highest BCUT2D eigenvalue weighted by Gasteiger charge is 2.31. The quantitative estimate of drug-likeness (QED) is 0.773. The van der Waals surface area contributed by atoms with Crippen LogP contribution in [0.25, 0.3) is 0 Å². The molecule has 2 unspecified atom stereocenters. The standard InChI is InChI=1S/C17H25NO3/c1-12(14-4-3-5-15(11-14)21-2)10-17(20)18-16(8-9-19)13-6-7-13/h3-5,11-13,16,19H,6-10H2,1-2H3,(H,18,20). The van der Waals surface area contributed by atoms with Crippen LogP contribution in [-0.2, 0) is 4.79 Å². The summed E-state index contributed by atoms with van der Waals surface area (Å²) < 4.78 is 5.22. The van der Waals surface area contributed by atoms with Crippen molar-refractivity contribution >= 4 is 5.91 Å². The second-order valence-corrected chi connectivity index (χ2v) is 5.91. The summed E-state index contributed by atoms with van der Waals surface area (Å²) in [5.41, 5.74) is 1.11. The molecule has 2 N–H and O–H groups in total. The van der Waals surface area contributed by atoms with Gasteiger partial charge in [0.25, 0.3) is 0 Å². The number of rotatable bonds is 8. The molecular weight excluding hydrogens is 266 g/mol. The van der Waals surface area contributed by atoms with Crippen LogP contribution in [0, 0.1) is 5.92 Å². The fraction of sp³-hybridized carbons (Fsp3) is 0.588. The normalized spacial score (nSPS) is 17.1. The predicted octanol–water partition coefficient (Wildman–Crippen LogP) is 2.47. The monoisotopic (exact) mass is 291 g/mol. The molecule has 1 aromatic carbocycles. The molecule has 1 aliphatic carbocycles. The molecule has 0 spiro atoms. The van der Waals surface area contributed by atoms with Crippen molar-refractivity contribution in [1.29, 1.82) is 0 Å². The van der Waals surface area contributed by atoms with Crippen molar-refractivity contribution in [3.05, 3.63) is 29.8 Å². The van der Waals surface area contributed by atoms with Gasteiger partial charge in [-0.3, -0.25) is 4.79 Å². The first-order valence-electron chi connectivity index (χ1n) is 7.68. The Morgan fingerprint density at radius 3 is 2.86 bits per heavy atom. The van der Waals surface area contributed by atoms with Crippen molar-refractivity contribution in [3.8, 4) is 5.75 Å². The number of carbonyl (C=O) groups is 1. The van der Waals surface area contributed by atoms with Crippen LogP contribution in [0.3, 0.4) is 0 Å². The Balaban J connectivity index is 1.88. The molecule has 1 saturated carbocycles. The first kappa shape index (κ1) is 15.8. The van der Waals surface area contributed by atoms with Crippen LogP contribution in [0.15, 0.2) is 24.3 Å². The SMILES string of the molecule is COc1cccc(C(C)CC(=O)NC(CCO)C2CC2)c1. The number of methoxy groups -OCH3 is 1. The maximum atomic E-state index is 12.2. The molecule has 0 aliphatic heterocycles. The third-order valence-electron chi connectivity index (χ3n) is 4.13. The number of benzene rings is 1. The molecule has 1 aromatic rings. The highest BCUT2D eigenvalue weighted by atomic mass is 16.5. The van der Waals surface area contributed by atoms with Gasteiger partial charge in [-0.2, -0.15) is 0 Å². The minimum absolute atomic E-state index is 0.0654. The molecule has 4 heteroatoms. The topological polar surface area (TPSA) is 58.6 Å². The average Bonchev–Trinajstić information content (AvgIpc) is 3.31. The van der Waals surface area contributed by atoms with Gasteiger partial charge in [-0.1, -0.05) is 19.1 Å². The maximum Gasteiger partial charge on any atom is 0.220 e. The van der Waals surface area contributed by atoms with Crippen molar-refractivity contribution in [3.63, 3.8) is 0 Å². The molecule has 0 radical (unpaired) electrons. The van der Waals surface area contributed by atoms with Crippen molar-refractivity contribution in [2.24, 2.45) is 5.92 Å². The number of amides is 1. The van der Waals surface area contributed by atoms with E-state index in [1.54, 1.807) is 7.11 Å². The molecule has 1 aliphatic rings. The van der Waals surface area contributed by atoms with E-state index < -0.39 is 0 Å². The number of aliphatic hydroxyl groups is 1.